The summed E-state index contributed by atoms with van der Waals surface area (Å²) in [5, 5.41) is 0. The molecule has 6 nitrogen and oxygen atoms in total. The molecule has 0 spiro atoms. The summed E-state index contributed by atoms with van der Waals surface area (Å²) in [7, 11) is 2.08. The SMILES string of the molecule is CCCCCC(CCCCC)CCCC(=O)CCCCCCCC(CCCCCCCC(=O)OCCC(CCCCC)CCCCC)COC(=O)C1CCN(C)C1. The summed E-state index contributed by atoms with van der Waals surface area (Å²) >= 11 is 0. The van der Waals surface area contributed by atoms with Crippen LogP contribution in [0.2, 0.25) is 0 Å². The summed E-state index contributed by atoms with van der Waals surface area (Å²) in [4.78, 5) is 40.1. The van der Waals surface area contributed by atoms with Crippen LogP contribution in [0.4, 0.5) is 0 Å². The van der Waals surface area contributed by atoms with Crippen molar-refractivity contribution in [2.75, 3.05) is 33.4 Å². The molecule has 1 heterocycles. The van der Waals surface area contributed by atoms with E-state index in [0.717, 1.165) is 109 Å². The molecule has 0 radical (unpaired) electrons. The summed E-state index contributed by atoms with van der Waals surface area (Å²) in [5.41, 5.74) is 0. The third-order valence-electron chi connectivity index (χ3n) is 13.0. The predicted molar refractivity (Wildman–Crippen MR) is 243 cm³/mol. The molecule has 1 rings (SSSR count). The van der Waals surface area contributed by atoms with E-state index >= 15 is 0 Å². The molecular weight excluding hydrogens is 707 g/mol. The normalized spacial score (nSPS) is 15.2. The van der Waals surface area contributed by atoms with Gasteiger partial charge in [-0.25, -0.2) is 0 Å². The largest absolute Gasteiger partial charge is 0.466 e. The molecule has 0 amide bonds. The fraction of sp³-hybridized carbons (Fsp3) is 0.941. The number of esters is 2. The summed E-state index contributed by atoms with van der Waals surface area (Å²) in [6, 6.07) is 0. The lowest BCUT2D eigenvalue weighted by Gasteiger charge is -2.19. The monoisotopic (exact) mass is 804 g/mol. The van der Waals surface area contributed by atoms with Gasteiger partial charge in [-0.05, 0) is 76.3 Å². The molecule has 0 saturated carbocycles. The maximum Gasteiger partial charge on any atom is 0.310 e. The standard InChI is InChI=1S/C51H97NO5/c1-6-10-20-29-45(30-21-11-7-2)35-28-37-49(53)36-26-18-14-16-24-33-47(44-57-51(55)48-39-41-52(5)43-48)34-25-17-15-19-27-38-50(54)56-42-40-46(31-22-12-8-3)32-23-13-9-4/h45-48H,6-44H2,1-5H3. The second-order valence-electron chi connectivity index (χ2n) is 18.5. The second kappa shape index (κ2) is 38.8. The zero-order valence-electron chi connectivity index (χ0n) is 38.9. The van der Waals surface area contributed by atoms with Gasteiger partial charge in [0.05, 0.1) is 19.1 Å². The van der Waals surface area contributed by atoms with Crippen molar-refractivity contribution >= 4 is 17.7 Å². The number of likely N-dealkylation sites (tertiary alicyclic amines) is 1. The van der Waals surface area contributed by atoms with Crippen LogP contribution in [0.1, 0.15) is 252 Å². The molecule has 0 aromatic carbocycles. The van der Waals surface area contributed by atoms with Gasteiger partial charge in [-0.3, -0.25) is 14.4 Å². The van der Waals surface area contributed by atoms with Crippen molar-refractivity contribution < 1.29 is 23.9 Å². The fourth-order valence-corrected chi connectivity index (χ4v) is 9.00. The van der Waals surface area contributed by atoms with Crippen molar-refractivity contribution in [2.45, 2.75) is 252 Å². The Balaban J connectivity index is 2.29. The summed E-state index contributed by atoms with van der Waals surface area (Å²) in [5.74, 6) is 2.42. The smallest absolute Gasteiger partial charge is 0.310 e. The zero-order chi connectivity index (χ0) is 41.6. The second-order valence-corrected chi connectivity index (χ2v) is 18.5. The van der Waals surface area contributed by atoms with E-state index in [1.165, 1.54) is 128 Å². The van der Waals surface area contributed by atoms with Gasteiger partial charge in [0.1, 0.15) is 5.78 Å². The number of hydrogen-bond donors (Lipinski definition) is 0. The number of rotatable bonds is 42. The van der Waals surface area contributed by atoms with Crippen LogP contribution < -0.4 is 0 Å². The van der Waals surface area contributed by atoms with Crippen LogP contribution in [0, 0.1) is 23.7 Å². The van der Waals surface area contributed by atoms with Crippen LogP contribution in [-0.4, -0.2) is 56.0 Å². The van der Waals surface area contributed by atoms with E-state index in [1.54, 1.807) is 0 Å². The topological polar surface area (TPSA) is 72.9 Å². The van der Waals surface area contributed by atoms with Gasteiger partial charge >= 0.3 is 11.9 Å². The lowest BCUT2D eigenvalue weighted by molar-refractivity contribution is -0.149. The number of nitrogens with zero attached hydrogens (tertiary/aromatic N) is 1. The third-order valence-corrected chi connectivity index (χ3v) is 13.0. The Morgan fingerprint density at radius 1 is 0.491 bits per heavy atom. The molecule has 1 saturated heterocycles. The minimum absolute atomic E-state index is 0.00656. The zero-order valence-corrected chi connectivity index (χ0v) is 38.9. The first kappa shape index (κ1) is 53.6. The first-order valence-corrected chi connectivity index (χ1v) is 25.3. The van der Waals surface area contributed by atoms with Crippen molar-refractivity contribution in [3.05, 3.63) is 0 Å². The average Bonchev–Trinajstić information content (AvgIpc) is 3.64. The molecule has 0 aromatic rings. The Morgan fingerprint density at radius 3 is 1.42 bits per heavy atom. The van der Waals surface area contributed by atoms with Gasteiger partial charge in [-0.15, -0.1) is 0 Å². The molecule has 6 heteroatoms. The van der Waals surface area contributed by atoms with Gasteiger partial charge in [0.25, 0.3) is 0 Å². The van der Waals surface area contributed by atoms with E-state index in [9.17, 15) is 14.4 Å². The van der Waals surface area contributed by atoms with Crippen molar-refractivity contribution in [3.63, 3.8) is 0 Å². The molecule has 0 bridgehead atoms. The quantitative estimate of drug-likeness (QED) is 0.0452. The molecule has 0 aliphatic carbocycles. The number of unbranched alkanes of at least 4 members (excludes halogenated alkanes) is 16. The Morgan fingerprint density at radius 2 is 0.912 bits per heavy atom. The lowest BCUT2D eigenvalue weighted by Crippen LogP contribution is -2.24. The number of ketones is 1. The average molecular weight is 804 g/mol. The van der Waals surface area contributed by atoms with E-state index in [-0.39, 0.29) is 17.9 Å². The third kappa shape index (κ3) is 32.1. The van der Waals surface area contributed by atoms with E-state index in [0.29, 0.717) is 37.3 Å². The van der Waals surface area contributed by atoms with Crippen molar-refractivity contribution in [3.8, 4) is 0 Å². The molecule has 0 N–H and O–H groups in total. The van der Waals surface area contributed by atoms with Crippen molar-refractivity contribution in [2.24, 2.45) is 23.7 Å². The molecule has 1 fully saturated rings. The predicted octanol–water partition coefficient (Wildman–Crippen LogP) is 14.8. The molecule has 1 aliphatic heterocycles. The highest BCUT2D eigenvalue weighted by molar-refractivity contribution is 5.78. The Labute approximate surface area is 354 Å². The molecule has 336 valence electrons. The van der Waals surface area contributed by atoms with Crippen LogP contribution in [0.15, 0.2) is 0 Å². The highest BCUT2D eigenvalue weighted by atomic mass is 16.5. The van der Waals surface area contributed by atoms with Gasteiger partial charge < -0.3 is 14.4 Å². The molecule has 0 aromatic heterocycles. The Hall–Kier alpha value is -1.43. The van der Waals surface area contributed by atoms with Crippen molar-refractivity contribution in [1.29, 1.82) is 0 Å². The molecule has 1 aliphatic rings. The minimum Gasteiger partial charge on any atom is -0.466 e. The number of hydrogen-bond acceptors (Lipinski definition) is 6. The Bertz CT molecular complexity index is 863. The van der Waals surface area contributed by atoms with Crippen LogP contribution in [0.5, 0.6) is 0 Å². The highest BCUT2D eigenvalue weighted by Gasteiger charge is 2.28. The number of Topliss-reactive ketones (excluding diaryl/α,β-unsaturated/α-hetero) is 1. The fourth-order valence-electron chi connectivity index (χ4n) is 9.00. The van der Waals surface area contributed by atoms with E-state index in [2.05, 4.69) is 39.6 Å². The van der Waals surface area contributed by atoms with Gasteiger partial charge in [0.15, 0.2) is 0 Å². The van der Waals surface area contributed by atoms with Crippen LogP contribution in [0.3, 0.4) is 0 Å². The molecular formula is C51H97NO5. The number of carbonyl (C=O) groups excluding carboxylic acids is 3. The maximum atomic E-state index is 12.8. The van der Waals surface area contributed by atoms with Gasteiger partial charge in [-0.1, -0.05) is 188 Å². The van der Waals surface area contributed by atoms with E-state index in [1.807, 2.05) is 0 Å². The van der Waals surface area contributed by atoms with E-state index in [4.69, 9.17) is 9.47 Å². The first-order chi connectivity index (χ1) is 27.8. The van der Waals surface area contributed by atoms with Gasteiger partial charge in [0, 0.05) is 25.8 Å². The minimum atomic E-state index is -0.0208. The number of ether oxygens (including phenoxy) is 2. The molecule has 2 atom stereocenters. The lowest BCUT2D eigenvalue weighted by atomic mass is 9.90. The van der Waals surface area contributed by atoms with Crippen molar-refractivity contribution in [1.82, 2.24) is 4.90 Å². The van der Waals surface area contributed by atoms with E-state index < -0.39 is 0 Å². The van der Waals surface area contributed by atoms with Gasteiger partial charge in [0.2, 0.25) is 0 Å². The van der Waals surface area contributed by atoms with Crippen LogP contribution in [0.25, 0.3) is 0 Å². The summed E-state index contributed by atoms with van der Waals surface area (Å²) < 4.78 is 11.6. The summed E-state index contributed by atoms with van der Waals surface area (Å²) in [6.45, 7) is 12.0. The molecule has 57 heavy (non-hydrogen) atoms. The first-order valence-electron chi connectivity index (χ1n) is 25.3. The summed E-state index contributed by atoms with van der Waals surface area (Å²) in [6.07, 6.45) is 40.7. The van der Waals surface area contributed by atoms with Crippen LogP contribution >= 0.6 is 0 Å². The Kier molecular flexibility index (Phi) is 36.4. The van der Waals surface area contributed by atoms with Gasteiger partial charge in [-0.2, -0.15) is 0 Å². The molecule has 2 unspecified atom stereocenters. The van der Waals surface area contributed by atoms with Crippen LogP contribution in [-0.2, 0) is 23.9 Å². The highest BCUT2D eigenvalue weighted by Crippen LogP contribution is 2.25. The number of carbonyl (C=O) groups is 3. The maximum absolute atomic E-state index is 12.8.